The molecule has 3 nitrogen and oxygen atoms in total. The zero-order chi connectivity index (χ0) is 14.8. The van der Waals surface area contributed by atoms with Crippen molar-refractivity contribution >= 4 is 17.3 Å². The summed E-state index contributed by atoms with van der Waals surface area (Å²) in [6.45, 7) is 6.89. The first-order valence-electron chi connectivity index (χ1n) is 8.16. The zero-order valence-electron chi connectivity index (χ0n) is 12.9. The van der Waals surface area contributed by atoms with Crippen molar-refractivity contribution in [1.82, 2.24) is 4.90 Å². The lowest BCUT2D eigenvalue weighted by Crippen LogP contribution is -2.35. The second-order valence-corrected chi connectivity index (χ2v) is 7.02. The molecule has 2 aliphatic rings. The van der Waals surface area contributed by atoms with Crippen LogP contribution in [0.2, 0.25) is 5.02 Å². The van der Waals surface area contributed by atoms with E-state index in [-0.39, 0.29) is 6.04 Å². The third kappa shape index (κ3) is 3.53. The molecule has 0 saturated carbocycles. The van der Waals surface area contributed by atoms with Crippen LogP contribution in [0.25, 0.3) is 0 Å². The standard InChI is InChI=1S/C17H26ClN3/c1-13(19)10-14-4-5-15(18)11-17(14)21-9-6-16(12-21)20-7-2-3-8-20/h4-5,11,13,16H,2-3,6-10,12,19H2,1H3. The molecule has 2 N–H and O–H groups in total. The summed E-state index contributed by atoms with van der Waals surface area (Å²) in [5.41, 5.74) is 8.62. The largest absolute Gasteiger partial charge is 0.370 e. The van der Waals surface area contributed by atoms with Crippen LogP contribution in [0.5, 0.6) is 0 Å². The summed E-state index contributed by atoms with van der Waals surface area (Å²) in [5.74, 6) is 0. The Kier molecular flexibility index (Phi) is 4.72. The summed E-state index contributed by atoms with van der Waals surface area (Å²) in [6.07, 6.45) is 4.91. The summed E-state index contributed by atoms with van der Waals surface area (Å²) in [4.78, 5) is 5.17. The van der Waals surface area contributed by atoms with Crippen LogP contribution < -0.4 is 10.6 Å². The topological polar surface area (TPSA) is 32.5 Å². The van der Waals surface area contributed by atoms with Crippen molar-refractivity contribution < 1.29 is 0 Å². The minimum atomic E-state index is 0.182. The Morgan fingerprint density at radius 1 is 1.29 bits per heavy atom. The van der Waals surface area contributed by atoms with E-state index >= 15 is 0 Å². The fourth-order valence-corrected chi connectivity index (χ4v) is 3.88. The van der Waals surface area contributed by atoms with Gasteiger partial charge in [-0.2, -0.15) is 0 Å². The molecule has 21 heavy (non-hydrogen) atoms. The Hall–Kier alpha value is -0.770. The summed E-state index contributed by atoms with van der Waals surface area (Å²) in [6, 6.07) is 7.14. The highest BCUT2D eigenvalue weighted by Crippen LogP contribution is 2.30. The van der Waals surface area contributed by atoms with Crippen LogP contribution in [0.15, 0.2) is 18.2 Å². The van der Waals surface area contributed by atoms with E-state index in [9.17, 15) is 0 Å². The van der Waals surface area contributed by atoms with Crippen molar-refractivity contribution in [3.05, 3.63) is 28.8 Å². The molecule has 4 heteroatoms. The van der Waals surface area contributed by atoms with Gasteiger partial charge < -0.3 is 10.6 Å². The Labute approximate surface area is 133 Å². The maximum absolute atomic E-state index is 6.23. The molecule has 2 fully saturated rings. The van der Waals surface area contributed by atoms with Crippen LogP contribution >= 0.6 is 11.6 Å². The molecule has 0 radical (unpaired) electrons. The normalized spacial score (nSPS) is 24.7. The molecule has 2 saturated heterocycles. The molecule has 2 aliphatic heterocycles. The number of anilines is 1. The Bertz CT molecular complexity index is 483. The summed E-state index contributed by atoms with van der Waals surface area (Å²) < 4.78 is 0. The smallest absolute Gasteiger partial charge is 0.0426 e. The van der Waals surface area contributed by atoms with E-state index < -0.39 is 0 Å². The minimum Gasteiger partial charge on any atom is -0.370 e. The zero-order valence-corrected chi connectivity index (χ0v) is 13.6. The van der Waals surface area contributed by atoms with Gasteiger partial charge in [0, 0.05) is 35.9 Å². The lowest BCUT2D eigenvalue weighted by Gasteiger charge is -2.26. The van der Waals surface area contributed by atoms with Crippen molar-refractivity contribution in [3.8, 4) is 0 Å². The Balaban J connectivity index is 1.75. The lowest BCUT2D eigenvalue weighted by atomic mass is 10.0. The van der Waals surface area contributed by atoms with Gasteiger partial charge in [0.05, 0.1) is 0 Å². The Morgan fingerprint density at radius 3 is 2.76 bits per heavy atom. The van der Waals surface area contributed by atoms with Gasteiger partial charge in [0.15, 0.2) is 0 Å². The van der Waals surface area contributed by atoms with E-state index in [2.05, 4.69) is 28.9 Å². The number of benzene rings is 1. The molecule has 0 aromatic heterocycles. The minimum absolute atomic E-state index is 0.182. The lowest BCUT2D eigenvalue weighted by molar-refractivity contribution is 0.260. The summed E-state index contributed by atoms with van der Waals surface area (Å²) >= 11 is 6.23. The van der Waals surface area contributed by atoms with E-state index in [1.165, 1.54) is 43.6 Å². The van der Waals surface area contributed by atoms with Gasteiger partial charge in [-0.15, -0.1) is 0 Å². The van der Waals surface area contributed by atoms with Crippen molar-refractivity contribution in [2.24, 2.45) is 5.73 Å². The Morgan fingerprint density at radius 2 is 2.05 bits per heavy atom. The highest BCUT2D eigenvalue weighted by atomic mass is 35.5. The number of hydrogen-bond acceptors (Lipinski definition) is 3. The SMILES string of the molecule is CC(N)Cc1ccc(Cl)cc1N1CCC(N2CCCC2)C1. The van der Waals surface area contributed by atoms with Crippen molar-refractivity contribution in [1.29, 1.82) is 0 Å². The van der Waals surface area contributed by atoms with E-state index in [4.69, 9.17) is 17.3 Å². The first-order valence-corrected chi connectivity index (χ1v) is 8.54. The van der Waals surface area contributed by atoms with Crippen LogP contribution in [0.4, 0.5) is 5.69 Å². The van der Waals surface area contributed by atoms with E-state index in [1.807, 2.05) is 6.07 Å². The average Bonchev–Trinajstić information content (AvgIpc) is 3.09. The number of halogens is 1. The van der Waals surface area contributed by atoms with Gasteiger partial charge in [-0.1, -0.05) is 17.7 Å². The molecular weight excluding hydrogens is 282 g/mol. The van der Waals surface area contributed by atoms with Gasteiger partial charge >= 0.3 is 0 Å². The molecule has 0 bridgehead atoms. The maximum Gasteiger partial charge on any atom is 0.0426 e. The van der Waals surface area contributed by atoms with Crippen LogP contribution in [0, 0.1) is 0 Å². The molecule has 2 atom stereocenters. The molecule has 0 spiro atoms. The molecule has 0 aliphatic carbocycles. The average molecular weight is 308 g/mol. The third-order valence-corrected chi connectivity index (χ3v) is 4.99. The monoisotopic (exact) mass is 307 g/mol. The van der Waals surface area contributed by atoms with Crippen molar-refractivity contribution in [2.45, 2.75) is 44.7 Å². The van der Waals surface area contributed by atoms with E-state index in [1.54, 1.807) is 0 Å². The molecule has 2 unspecified atom stereocenters. The first kappa shape index (κ1) is 15.1. The van der Waals surface area contributed by atoms with E-state index in [0.717, 1.165) is 30.6 Å². The quantitative estimate of drug-likeness (QED) is 0.928. The fourth-order valence-electron chi connectivity index (χ4n) is 3.72. The molecule has 1 aromatic rings. The second kappa shape index (κ2) is 6.55. The predicted molar refractivity (Wildman–Crippen MR) is 90.2 cm³/mol. The second-order valence-electron chi connectivity index (χ2n) is 6.59. The van der Waals surface area contributed by atoms with E-state index in [0.29, 0.717) is 0 Å². The maximum atomic E-state index is 6.23. The van der Waals surface area contributed by atoms with Gasteiger partial charge in [0.25, 0.3) is 0 Å². The molecule has 3 rings (SSSR count). The summed E-state index contributed by atoms with van der Waals surface area (Å²) in [5, 5.41) is 0.822. The van der Waals surface area contributed by atoms with Crippen LogP contribution in [0.1, 0.15) is 31.7 Å². The van der Waals surface area contributed by atoms with Crippen LogP contribution in [-0.2, 0) is 6.42 Å². The predicted octanol–water partition coefficient (Wildman–Crippen LogP) is 2.90. The van der Waals surface area contributed by atoms with Crippen molar-refractivity contribution in [3.63, 3.8) is 0 Å². The third-order valence-electron chi connectivity index (χ3n) is 4.75. The fraction of sp³-hybridized carbons (Fsp3) is 0.647. The number of nitrogens with two attached hydrogens (primary N) is 1. The number of nitrogens with zero attached hydrogens (tertiary/aromatic N) is 2. The number of hydrogen-bond donors (Lipinski definition) is 1. The highest BCUT2D eigenvalue weighted by molar-refractivity contribution is 6.30. The van der Waals surface area contributed by atoms with Gasteiger partial charge in [-0.05, 0) is 63.4 Å². The van der Waals surface area contributed by atoms with Crippen LogP contribution in [-0.4, -0.2) is 43.2 Å². The molecule has 0 amide bonds. The van der Waals surface area contributed by atoms with Gasteiger partial charge in [-0.3, -0.25) is 4.90 Å². The van der Waals surface area contributed by atoms with Crippen molar-refractivity contribution in [2.75, 3.05) is 31.1 Å². The number of likely N-dealkylation sites (tertiary alicyclic amines) is 1. The van der Waals surface area contributed by atoms with Gasteiger partial charge in [0.2, 0.25) is 0 Å². The highest BCUT2D eigenvalue weighted by Gasteiger charge is 2.30. The first-order chi connectivity index (χ1) is 10.1. The van der Waals surface area contributed by atoms with Crippen LogP contribution in [0.3, 0.4) is 0 Å². The number of rotatable bonds is 4. The van der Waals surface area contributed by atoms with Gasteiger partial charge in [0.1, 0.15) is 0 Å². The van der Waals surface area contributed by atoms with Gasteiger partial charge in [-0.25, -0.2) is 0 Å². The summed E-state index contributed by atoms with van der Waals surface area (Å²) in [7, 11) is 0. The molecule has 1 aromatic carbocycles. The molecule has 2 heterocycles. The molecule has 116 valence electrons. The molecular formula is C17H26ClN3.